The molecule has 0 amide bonds. The number of halogens is 3. The van der Waals surface area contributed by atoms with Gasteiger partial charge in [0.2, 0.25) is 0 Å². The van der Waals surface area contributed by atoms with E-state index >= 15 is 0 Å². The maximum atomic E-state index is 12.8. The Kier molecular flexibility index (Phi) is 3.63. The molecule has 0 saturated carbocycles. The molecular formula is C16H14F3NO2S. The molecule has 3 nitrogen and oxygen atoms in total. The first-order valence-corrected chi connectivity index (χ1v) is 8.45. The first kappa shape index (κ1) is 15.9. The van der Waals surface area contributed by atoms with E-state index in [1.54, 1.807) is 19.1 Å². The normalized spacial score (nSPS) is 18.1. The van der Waals surface area contributed by atoms with Gasteiger partial charge in [0.1, 0.15) is 0 Å². The number of para-hydroxylation sites is 1. The zero-order chi connectivity index (χ0) is 16.8. The van der Waals surface area contributed by atoms with Crippen LogP contribution in [0.4, 0.5) is 18.9 Å². The number of hydrogen-bond donors (Lipinski definition) is 0. The van der Waals surface area contributed by atoms with Crippen molar-refractivity contribution in [2.45, 2.75) is 30.5 Å². The lowest BCUT2D eigenvalue weighted by atomic mass is 10.1. The monoisotopic (exact) mass is 341 g/mol. The molecule has 7 heteroatoms. The summed E-state index contributed by atoms with van der Waals surface area (Å²) < 4.78 is 64.8. The van der Waals surface area contributed by atoms with Gasteiger partial charge < -0.3 is 0 Å². The van der Waals surface area contributed by atoms with Crippen LogP contribution in [0, 0.1) is 0 Å². The van der Waals surface area contributed by atoms with E-state index in [2.05, 4.69) is 0 Å². The van der Waals surface area contributed by atoms with Gasteiger partial charge in [-0.05, 0) is 49.2 Å². The van der Waals surface area contributed by atoms with E-state index in [4.69, 9.17) is 0 Å². The molecule has 1 aliphatic heterocycles. The fraction of sp³-hybridized carbons (Fsp3) is 0.250. The number of anilines is 1. The Balaban J connectivity index is 2.02. The summed E-state index contributed by atoms with van der Waals surface area (Å²) in [6.07, 6.45) is -3.91. The lowest BCUT2D eigenvalue weighted by molar-refractivity contribution is -0.137. The van der Waals surface area contributed by atoms with Gasteiger partial charge in [-0.25, -0.2) is 8.42 Å². The van der Waals surface area contributed by atoms with Crippen LogP contribution in [0.15, 0.2) is 53.4 Å². The van der Waals surface area contributed by atoms with Gasteiger partial charge in [0.15, 0.2) is 0 Å². The summed E-state index contributed by atoms with van der Waals surface area (Å²) in [6, 6.07) is 10.5. The Hall–Kier alpha value is -2.02. The molecule has 0 spiro atoms. The summed E-state index contributed by atoms with van der Waals surface area (Å²) in [4.78, 5) is -0.144. The molecule has 23 heavy (non-hydrogen) atoms. The Bertz CT molecular complexity index is 829. The second-order valence-corrected chi connectivity index (χ2v) is 7.32. The van der Waals surface area contributed by atoms with Gasteiger partial charge in [0, 0.05) is 6.04 Å². The first-order valence-electron chi connectivity index (χ1n) is 7.01. The van der Waals surface area contributed by atoms with Gasteiger partial charge >= 0.3 is 6.18 Å². The molecule has 0 bridgehead atoms. The zero-order valence-electron chi connectivity index (χ0n) is 12.2. The maximum Gasteiger partial charge on any atom is 0.416 e. The summed E-state index contributed by atoms with van der Waals surface area (Å²) in [5, 5.41) is 0. The number of benzene rings is 2. The van der Waals surface area contributed by atoms with Gasteiger partial charge in [0.25, 0.3) is 10.0 Å². The average Bonchev–Trinajstić information content (AvgIpc) is 2.83. The second kappa shape index (κ2) is 5.26. The van der Waals surface area contributed by atoms with E-state index < -0.39 is 21.8 Å². The minimum Gasteiger partial charge on any atom is -0.263 e. The fourth-order valence-corrected chi connectivity index (χ4v) is 4.53. The van der Waals surface area contributed by atoms with Gasteiger partial charge in [-0.15, -0.1) is 0 Å². The van der Waals surface area contributed by atoms with Crippen LogP contribution in [-0.2, 0) is 22.6 Å². The third kappa shape index (κ3) is 2.69. The number of alkyl halides is 3. The Labute approximate surface area is 132 Å². The van der Waals surface area contributed by atoms with Crippen molar-refractivity contribution in [2.75, 3.05) is 4.31 Å². The number of rotatable bonds is 2. The van der Waals surface area contributed by atoms with Crippen LogP contribution in [0.2, 0.25) is 0 Å². The molecule has 0 fully saturated rings. The smallest absolute Gasteiger partial charge is 0.263 e. The quantitative estimate of drug-likeness (QED) is 0.832. The highest BCUT2D eigenvalue weighted by Crippen LogP contribution is 2.37. The predicted molar refractivity (Wildman–Crippen MR) is 80.7 cm³/mol. The molecule has 1 aliphatic rings. The van der Waals surface area contributed by atoms with E-state index in [1.807, 2.05) is 12.1 Å². The van der Waals surface area contributed by atoms with Crippen LogP contribution in [0.25, 0.3) is 0 Å². The van der Waals surface area contributed by atoms with Crippen LogP contribution < -0.4 is 4.31 Å². The van der Waals surface area contributed by atoms with Gasteiger partial charge in [-0.2, -0.15) is 13.2 Å². The molecule has 1 atom stereocenters. The third-order valence-corrected chi connectivity index (χ3v) is 5.83. The van der Waals surface area contributed by atoms with Crippen LogP contribution in [0.5, 0.6) is 0 Å². The summed E-state index contributed by atoms with van der Waals surface area (Å²) in [5.74, 6) is 0. The van der Waals surface area contributed by atoms with Crippen molar-refractivity contribution in [1.29, 1.82) is 0 Å². The number of hydrogen-bond acceptors (Lipinski definition) is 2. The topological polar surface area (TPSA) is 37.4 Å². The van der Waals surface area contributed by atoms with Crippen LogP contribution in [0.1, 0.15) is 18.1 Å². The number of sulfonamides is 1. The minimum atomic E-state index is -4.49. The van der Waals surface area contributed by atoms with Crippen molar-refractivity contribution >= 4 is 15.7 Å². The zero-order valence-corrected chi connectivity index (χ0v) is 13.0. The predicted octanol–water partition coefficient (Wildman–Crippen LogP) is 3.85. The molecule has 2 aromatic carbocycles. The Morgan fingerprint density at radius 3 is 2.26 bits per heavy atom. The van der Waals surface area contributed by atoms with Crippen molar-refractivity contribution in [1.82, 2.24) is 0 Å². The SMILES string of the molecule is C[C@@H]1Cc2ccccc2N1S(=O)(=O)c1ccc(C(F)(F)F)cc1. The summed E-state index contributed by atoms with van der Waals surface area (Å²) >= 11 is 0. The molecule has 0 unspecified atom stereocenters. The van der Waals surface area contributed by atoms with Crippen molar-refractivity contribution in [3.05, 3.63) is 59.7 Å². The number of nitrogens with zero attached hydrogens (tertiary/aromatic N) is 1. The molecule has 3 rings (SSSR count). The molecule has 122 valence electrons. The van der Waals surface area contributed by atoms with Crippen molar-refractivity contribution in [2.24, 2.45) is 0 Å². The van der Waals surface area contributed by atoms with E-state index in [1.165, 1.54) is 4.31 Å². The third-order valence-electron chi connectivity index (χ3n) is 3.88. The summed E-state index contributed by atoms with van der Waals surface area (Å²) in [7, 11) is -3.90. The largest absolute Gasteiger partial charge is 0.416 e. The molecule has 0 radical (unpaired) electrons. The fourth-order valence-electron chi connectivity index (χ4n) is 2.83. The highest BCUT2D eigenvalue weighted by atomic mass is 32.2. The molecule has 1 heterocycles. The minimum absolute atomic E-state index is 0.144. The average molecular weight is 341 g/mol. The van der Waals surface area contributed by atoms with Gasteiger partial charge in [-0.1, -0.05) is 18.2 Å². The summed E-state index contributed by atoms with van der Waals surface area (Å²) in [6.45, 7) is 1.78. The van der Waals surface area contributed by atoms with Gasteiger partial charge in [-0.3, -0.25) is 4.31 Å². The van der Waals surface area contributed by atoms with E-state index in [0.717, 1.165) is 29.8 Å². The van der Waals surface area contributed by atoms with Crippen LogP contribution in [-0.4, -0.2) is 14.5 Å². The molecule has 0 saturated heterocycles. The lowest BCUT2D eigenvalue weighted by Crippen LogP contribution is -2.35. The number of fused-ring (bicyclic) bond motifs is 1. The standard InChI is InChI=1S/C16H14F3NO2S/c1-11-10-12-4-2-3-5-15(12)20(11)23(21,22)14-8-6-13(7-9-14)16(17,18)19/h2-9,11H,10H2,1H3/t11-/m1/s1. The highest BCUT2D eigenvalue weighted by molar-refractivity contribution is 7.92. The second-order valence-electron chi connectivity index (χ2n) is 5.50. The molecule has 0 aliphatic carbocycles. The van der Waals surface area contributed by atoms with Crippen LogP contribution >= 0.6 is 0 Å². The molecular weight excluding hydrogens is 327 g/mol. The van der Waals surface area contributed by atoms with Crippen molar-refractivity contribution in [3.63, 3.8) is 0 Å². The molecule has 0 N–H and O–H groups in total. The van der Waals surface area contributed by atoms with Crippen molar-refractivity contribution in [3.8, 4) is 0 Å². The summed E-state index contributed by atoms with van der Waals surface area (Å²) in [5.41, 5.74) is 0.627. The lowest BCUT2D eigenvalue weighted by Gasteiger charge is -2.24. The van der Waals surface area contributed by atoms with E-state index in [0.29, 0.717) is 12.1 Å². The highest BCUT2D eigenvalue weighted by Gasteiger charge is 2.36. The van der Waals surface area contributed by atoms with Gasteiger partial charge in [0.05, 0.1) is 16.1 Å². The first-order chi connectivity index (χ1) is 10.7. The Morgan fingerprint density at radius 1 is 1.04 bits per heavy atom. The molecule has 0 aromatic heterocycles. The van der Waals surface area contributed by atoms with E-state index in [9.17, 15) is 21.6 Å². The maximum absolute atomic E-state index is 12.8. The Morgan fingerprint density at radius 2 is 1.65 bits per heavy atom. The van der Waals surface area contributed by atoms with Crippen LogP contribution in [0.3, 0.4) is 0 Å². The molecule has 2 aromatic rings. The van der Waals surface area contributed by atoms with E-state index in [-0.39, 0.29) is 10.9 Å². The van der Waals surface area contributed by atoms with Crippen molar-refractivity contribution < 1.29 is 21.6 Å².